The number of aliphatic hydroxyl groups is 1. The van der Waals surface area contributed by atoms with Gasteiger partial charge in [0.1, 0.15) is 0 Å². The molecule has 1 aromatic heterocycles. The number of aromatic nitrogens is 1. The van der Waals surface area contributed by atoms with Crippen LogP contribution in [0.1, 0.15) is 30.2 Å². The Morgan fingerprint density at radius 2 is 2.36 bits per heavy atom. The van der Waals surface area contributed by atoms with E-state index in [1.807, 2.05) is 20.0 Å². The van der Waals surface area contributed by atoms with Gasteiger partial charge in [-0.05, 0) is 20.3 Å². The number of hydrogen-bond acceptors (Lipinski definition) is 4. The predicted octanol–water partition coefficient (Wildman–Crippen LogP) is 1.70. The van der Waals surface area contributed by atoms with Crippen molar-refractivity contribution in [2.24, 2.45) is 0 Å². The van der Waals surface area contributed by atoms with Crippen LogP contribution >= 0.6 is 11.3 Å². The second kappa shape index (κ2) is 4.87. The lowest BCUT2D eigenvalue weighted by molar-refractivity contribution is 0.169. The van der Waals surface area contributed by atoms with Crippen molar-refractivity contribution >= 4 is 11.3 Å². The maximum Gasteiger partial charge on any atom is 0.0897 e. The molecule has 1 rings (SSSR count). The van der Waals surface area contributed by atoms with Crippen LogP contribution in [0.4, 0.5) is 0 Å². The van der Waals surface area contributed by atoms with Crippen molar-refractivity contribution in [2.75, 3.05) is 6.61 Å². The number of hydrogen-bond donors (Lipinski definition) is 2. The van der Waals surface area contributed by atoms with E-state index >= 15 is 0 Å². The molecule has 1 aromatic rings. The Kier molecular flexibility index (Phi) is 4.04. The molecule has 0 aromatic carbocycles. The Morgan fingerprint density at radius 1 is 1.64 bits per heavy atom. The number of rotatable bonds is 5. The van der Waals surface area contributed by atoms with Gasteiger partial charge in [-0.3, -0.25) is 0 Å². The summed E-state index contributed by atoms with van der Waals surface area (Å²) in [7, 11) is 0. The zero-order valence-electron chi connectivity index (χ0n) is 9.00. The molecule has 0 bridgehead atoms. The molecule has 4 heteroatoms. The van der Waals surface area contributed by atoms with Crippen LogP contribution in [-0.4, -0.2) is 22.2 Å². The van der Waals surface area contributed by atoms with Crippen molar-refractivity contribution in [3.8, 4) is 0 Å². The summed E-state index contributed by atoms with van der Waals surface area (Å²) >= 11 is 1.69. The smallest absolute Gasteiger partial charge is 0.0897 e. The lowest BCUT2D eigenvalue weighted by Gasteiger charge is -2.26. The highest BCUT2D eigenvalue weighted by Crippen LogP contribution is 2.14. The fourth-order valence-corrected chi connectivity index (χ4v) is 1.81. The van der Waals surface area contributed by atoms with Gasteiger partial charge < -0.3 is 10.4 Å². The molecule has 0 aliphatic heterocycles. The molecule has 0 fully saturated rings. The lowest BCUT2D eigenvalue weighted by atomic mass is 10.0. The quantitative estimate of drug-likeness (QED) is 0.784. The summed E-state index contributed by atoms with van der Waals surface area (Å²) in [6.45, 7) is 7.05. The molecule has 1 unspecified atom stereocenters. The minimum absolute atomic E-state index is 0.168. The summed E-state index contributed by atoms with van der Waals surface area (Å²) in [4.78, 5) is 5.40. The molecule has 0 aliphatic rings. The van der Waals surface area contributed by atoms with Crippen LogP contribution < -0.4 is 5.32 Å². The minimum Gasteiger partial charge on any atom is -0.394 e. The van der Waals surface area contributed by atoms with Crippen LogP contribution in [0.5, 0.6) is 0 Å². The van der Waals surface area contributed by atoms with E-state index < -0.39 is 0 Å². The van der Waals surface area contributed by atoms with Crippen molar-refractivity contribution in [2.45, 2.75) is 39.3 Å². The summed E-state index contributed by atoms with van der Waals surface area (Å²) in [6, 6.07) is 0. The summed E-state index contributed by atoms with van der Waals surface area (Å²) in [6.07, 6.45) is 2.81. The Morgan fingerprint density at radius 3 is 2.79 bits per heavy atom. The first-order valence-electron chi connectivity index (χ1n) is 4.87. The van der Waals surface area contributed by atoms with Crippen LogP contribution in [0.2, 0.25) is 0 Å². The first-order chi connectivity index (χ1) is 6.59. The maximum absolute atomic E-state index is 9.19. The summed E-state index contributed by atoms with van der Waals surface area (Å²) < 4.78 is 0. The number of nitrogens with one attached hydrogen (secondary N) is 1. The van der Waals surface area contributed by atoms with Gasteiger partial charge in [0.2, 0.25) is 0 Å². The molecule has 14 heavy (non-hydrogen) atoms. The number of nitrogens with zero attached hydrogens (tertiary/aromatic N) is 1. The van der Waals surface area contributed by atoms with E-state index in [4.69, 9.17) is 0 Å². The summed E-state index contributed by atoms with van der Waals surface area (Å²) in [5, 5.41) is 13.6. The SMILES string of the molecule is CCC(C)(CO)NCc1cnc(C)s1. The van der Waals surface area contributed by atoms with Crippen LogP contribution in [0.3, 0.4) is 0 Å². The van der Waals surface area contributed by atoms with Crippen LogP contribution in [0.25, 0.3) is 0 Å². The highest BCUT2D eigenvalue weighted by atomic mass is 32.1. The van der Waals surface area contributed by atoms with E-state index in [0.717, 1.165) is 18.0 Å². The maximum atomic E-state index is 9.19. The molecule has 0 spiro atoms. The Balaban J connectivity index is 2.47. The summed E-state index contributed by atoms with van der Waals surface area (Å²) in [5.41, 5.74) is -0.169. The van der Waals surface area contributed by atoms with Gasteiger partial charge in [-0.15, -0.1) is 11.3 Å². The Hall–Kier alpha value is -0.450. The largest absolute Gasteiger partial charge is 0.394 e. The van der Waals surface area contributed by atoms with Crippen LogP contribution in [-0.2, 0) is 6.54 Å². The lowest BCUT2D eigenvalue weighted by Crippen LogP contribution is -2.44. The van der Waals surface area contributed by atoms with Gasteiger partial charge in [-0.25, -0.2) is 4.98 Å². The highest BCUT2D eigenvalue weighted by Gasteiger charge is 2.19. The highest BCUT2D eigenvalue weighted by molar-refractivity contribution is 7.11. The van der Waals surface area contributed by atoms with E-state index in [1.165, 1.54) is 4.88 Å². The Bertz CT molecular complexity index is 281. The second-order valence-corrected chi connectivity index (χ2v) is 5.09. The average molecular weight is 214 g/mol. The normalized spacial score (nSPS) is 15.4. The molecule has 0 saturated heterocycles. The van der Waals surface area contributed by atoms with Crippen molar-refractivity contribution in [1.29, 1.82) is 0 Å². The van der Waals surface area contributed by atoms with Crippen LogP contribution in [0.15, 0.2) is 6.20 Å². The molecular formula is C10H18N2OS. The topological polar surface area (TPSA) is 45.1 Å². The molecule has 3 nitrogen and oxygen atoms in total. The predicted molar refractivity (Wildman–Crippen MR) is 59.5 cm³/mol. The Labute approximate surface area is 89.2 Å². The molecule has 1 atom stereocenters. The third-order valence-electron chi connectivity index (χ3n) is 2.49. The van der Waals surface area contributed by atoms with Gasteiger partial charge in [-0.2, -0.15) is 0 Å². The van der Waals surface area contributed by atoms with E-state index in [1.54, 1.807) is 11.3 Å². The minimum atomic E-state index is -0.169. The van der Waals surface area contributed by atoms with Gasteiger partial charge in [0.25, 0.3) is 0 Å². The molecule has 2 N–H and O–H groups in total. The zero-order valence-corrected chi connectivity index (χ0v) is 9.82. The monoisotopic (exact) mass is 214 g/mol. The van der Waals surface area contributed by atoms with Crippen molar-refractivity contribution < 1.29 is 5.11 Å². The molecule has 0 aliphatic carbocycles. The first kappa shape index (κ1) is 11.6. The standard InChI is InChI=1S/C10H18N2OS/c1-4-10(3,7-13)12-6-9-5-11-8(2)14-9/h5,12-13H,4,6-7H2,1-3H3. The molecular weight excluding hydrogens is 196 g/mol. The fourth-order valence-electron chi connectivity index (χ4n) is 1.08. The van der Waals surface area contributed by atoms with Gasteiger partial charge in [0, 0.05) is 23.2 Å². The molecule has 0 radical (unpaired) electrons. The summed E-state index contributed by atoms with van der Waals surface area (Å²) in [5.74, 6) is 0. The average Bonchev–Trinajstić information content (AvgIpc) is 2.61. The molecule has 0 amide bonds. The molecule has 1 heterocycles. The van der Waals surface area contributed by atoms with Crippen molar-refractivity contribution in [1.82, 2.24) is 10.3 Å². The molecule has 80 valence electrons. The second-order valence-electron chi connectivity index (χ2n) is 3.77. The van der Waals surface area contributed by atoms with E-state index in [9.17, 15) is 5.11 Å². The van der Waals surface area contributed by atoms with E-state index in [0.29, 0.717) is 0 Å². The van der Waals surface area contributed by atoms with E-state index in [-0.39, 0.29) is 12.1 Å². The van der Waals surface area contributed by atoms with Crippen molar-refractivity contribution in [3.05, 3.63) is 16.1 Å². The molecule has 0 saturated carbocycles. The van der Waals surface area contributed by atoms with E-state index in [2.05, 4.69) is 17.2 Å². The van der Waals surface area contributed by atoms with Gasteiger partial charge in [-0.1, -0.05) is 6.92 Å². The third kappa shape index (κ3) is 3.04. The van der Waals surface area contributed by atoms with Crippen LogP contribution in [0, 0.1) is 6.92 Å². The fraction of sp³-hybridized carbons (Fsp3) is 0.700. The third-order valence-corrected chi connectivity index (χ3v) is 3.40. The van der Waals surface area contributed by atoms with Gasteiger partial charge in [0.05, 0.1) is 11.6 Å². The van der Waals surface area contributed by atoms with Gasteiger partial charge in [0.15, 0.2) is 0 Å². The number of aliphatic hydroxyl groups excluding tert-OH is 1. The number of aryl methyl sites for hydroxylation is 1. The number of thiazole rings is 1. The zero-order chi connectivity index (χ0) is 10.6. The van der Waals surface area contributed by atoms with Crippen molar-refractivity contribution in [3.63, 3.8) is 0 Å². The first-order valence-corrected chi connectivity index (χ1v) is 5.68. The van der Waals surface area contributed by atoms with Gasteiger partial charge >= 0.3 is 0 Å².